The minimum atomic E-state index is 0.130. The maximum Gasteiger partial charge on any atom is 0.152 e. The first-order chi connectivity index (χ1) is 9.04. The number of nitrogens with zero attached hydrogens (tertiary/aromatic N) is 2. The predicted octanol–water partition coefficient (Wildman–Crippen LogP) is 3.09. The van der Waals surface area contributed by atoms with E-state index in [1.165, 1.54) is 0 Å². The van der Waals surface area contributed by atoms with E-state index in [2.05, 4.69) is 34.9 Å². The van der Waals surface area contributed by atoms with Crippen molar-refractivity contribution < 1.29 is 4.79 Å². The lowest BCUT2D eigenvalue weighted by Gasteiger charge is -2.26. The molecule has 0 N–H and O–H groups in total. The number of thioether (sulfide) groups is 2. The SMILES string of the molecule is CCc1nn(C)c(CC(=O)C2SCCSC2C)c1Br. The maximum atomic E-state index is 12.5. The van der Waals surface area contributed by atoms with E-state index in [1.54, 1.807) is 0 Å². The van der Waals surface area contributed by atoms with Crippen molar-refractivity contribution in [3.05, 3.63) is 15.9 Å². The number of aryl methyl sites for hydroxylation is 2. The first kappa shape index (κ1) is 15.4. The highest BCUT2D eigenvalue weighted by Crippen LogP contribution is 2.33. The van der Waals surface area contributed by atoms with Gasteiger partial charge in [0.1, 0.15) is 0 Å². The van der Waals surface area contributed by atoms with E-state index >= 15 is 0 Å². The van der Waals surface area contributed by atoms with Crippen LogP contribution in [0.5, 0.6) is 0 Å². The number of Topliss-reactive ketones (excluding diaryl/α,β-unsaturated/α-hetero) is 1. The Hall–Kier alpha value is 0.0600. The van der Waals surface area contributed by atoms with Crippen LogP contribution in [0.3, 0.4) is 0 Å². The third-order valence-electron chi connectivity index (χ3n) is 3.35. The van der Waals surface area contributed by atoms with E-state index in [1.807, 2.05) is 35.3 Å². The average molecular weight is 363 g/mol. The van der Waals surface area contributed by atoms with Gasteiger partial charge in [-0.25, -0.2) is 0 Å². The van der Waals surface area contributed by atoms with Crippen LogP contribution in [-0.4, -0.2) is 37.6 Å². The molecule has 1 aliphatic rings. The number of aromatic nitrogens is 2. The van der Waals surface area contributed by atoms with Gasteiger partial charge in [-0.15, -0.1) is 11.8 Å². The van der Waals surface area contributed by atoms with Gasteiger partial charge < -0.3 is 0 Å². The van der Waals surface area contributed by atoms with E-state index in [0.29, 0.717) is 17.5 Å². The van der Waals surface area contributed by atoms with Crippen molar-refractivity contribution in [1.29, 1.82) is 0 Å². The molecule has 2 heterocycles. The summed E-state index contributed by atoms with van der Waals surface area (Å²) < 4.78 is 2.85. The van der Waals surface area contributed by atoms with Crippen molar-refractivity contribution in [3.63, 3.8) is 0 Å². The molecule has 1 aromatic rings. The molecule has 0 radical (unpaired) electrons. The van der Waals surface area contributed by atoms with Gasteiger partial charge in [-0.1, -0.05) is 13.8 Å². The fourth-order valence-corrected chi connectivity index (χ4v) is 5.75. The highest BCUT2D eigenvalue weighted by molar-refractivity contribution is 9.10. The molecule has 106 valence electrons. The molecule has 2 unspecified atom stereocenters. The standard InChI is InChI=1S/C13H19BrN2OS2/c1-4-9-12(14)10(16(3)15-9)7-11(17)13-8(2)18-5-6-19-13/h8,13H,4-7H2,1-3H3. The molecule has 1 fully saturated rings. The van der Waals surface area contributed by atoms with Crippen LogP contribution in [0.4, 0.5) is 0 Å². The normalized spacial score (nSPS) is 23.6. The molecule has 0 spiro atoms. The van der Waals surface area contributed by atoms with Crippen molar-refractivity contribution in [2.45, 2.75) is 37.2 Å². The zero-order valence-electron chi connectivity index (χ0n) is 11.5. The van der Waals surface area contributed by atoms with Crippen LogP contribution >= 0.6 is 39.5 Å². The summed E-state index contributed by atoms with van der Waals surface area (Å²) in [5.74, 6) is 2.57. The largest absolute Gasteiger partial charge is 0.298 e. The van der Waals surface area contributed by atoms with Crippen molar-refractivity contribution in [1.82, 2.24) is 9.78 Å². The van der Waals surface area contributed by atoms with Gasteiger partial charge in [-0.2, -0.15) is 16.9 Å². The van der Waals surface area contributed by atoms with Crippen LogP contribution in [0.1, 0.15) is 25.2 Å². The summed E-state index contributed by atoms with van der Waals surface area (Å²) >= 11 is 7.30. The summed E-state index contributed by atoms with van der Waals surface area (Å²) in [6, 6.07) is 0. The zero-order valence-corrected chi connectivity index (χ0v) is 14.7. The molecule has 1 aromatic heterocycles. The predicted molar refractivity (Wildman–Crippen MR) is 87.2 cm³/mol. The summed E-state index contributed by atoms with van der Waals surface area (Å²) in [5, 5.41) is 5.00. The maximum absolute atomic E-state index is 12.5. The number of hydrogen-bond acceptors (Lipinski definition) is 4. The van der Waals surface area contributed by atoms with Crippen LogP contribution in [0.25, 0.3) is 0 Å². The minimum absolute atomic E-state index is 0.130. The van der Waals surface area contributed by atoms with Gasteiger partial charge in [0.25, 0.3) is 0 Å². The average Bonchev–Trinajstić information content (AvgIpc) is 2.66. The number of hydrogen-bond donors (Lipinski definition) is 0. The van der Waals surface area contributed by atoms with Gasteiger partial charge in [0.15, 0.2) is 5.78 Å². The summed E-state index contributed by atoms with van der Waals surface area (Å²) in [6.07, 6.45) is 1.36. The van der Waals surface area contributed by atoms with E-state index in [-0.39, 0.29) is 5.25 Å². The van der Waals surface area contributed by atoms with Gasteiger partial charge in [-0.05, 0) is 22.4 Å². The third kappa shape index (κ3) is 3.39. The van der Waals surface area contributed by atoms with Crippen LogP contribution in [0, 0.1) is 0 Å². The summed E-state index contributed by atoms with van der Waals surface area (Å²) in [7, 11) is 1.92. The number of carbonyl (C=O) groups is 1. The summed E-state index contributed by atoms with van der Waals surface area (Å²) in [4.78, 5) is 12.5. The van der Waals surface area contributed by atoms with Gasteiger partial charge in [0, 0.05) is 23.8 Å². The number of halogens is 1. The molecule has 2 atom stereocenters. The van der Waals surface area contributed by atoms with Gasteiger partial charge >= 0.3 is 0 Å². The molecule has 0 bridgehead atoms. The molecule has 1 aliphatic heterocycles. The molecular formula is C13H19BrN2OS2. The molecule has 3 nitrogen and oxygen atoms in total. The molecule has 1 saturated heterocycles. The lowest BCUT2D eigenvalue weighted by atomic mass is 10.1. The number of carbonyl (C=O) groups excluding carboxylic acids is 1. The van der Waals surface area contributed by atoms with Crippen molar-refractivity contribution >= 4 is 45.2 Å². The van der Waals surface area contributed by atoms with Crippen LogP contribution < -0.4 is 0 Å². The molecule has 19 heavy (non-hydrogen) atoms. The fourth-order valence-electron chi connectivity index (χ4n) is 2.26. The van der Waals surface area contributed by atoms with Crippen molar-refractivity contribution in [2.75, 3.05) is 11.5 Å². The second-order valence-electron chi connectivity index (χ2n) is 4.69. The Morgan fingerprint density at radius 3 is 2.74 bits per heavy atom. The topological polar surface area (TPSA) is 34.9 Å². The summed E-state index contributed by atoms with van der Waals surface area (Å²) in [6.45, 7) is 4.24. The number of rotatable bonds is 4. The van der Waals surface area contributed by atoms with Gasteiger partial charge in [0.2, 0.25) is 0 Å². The Labute approximate surface area is 131 Å². The van der Waals surface area contributed by atoms with Gasteiger partial charge in [-0.3, -0.25) is 9.48 Å². The first-order valence-corrected chi connectivity index (χ1v) is 9.39. The highest BCUT2D eigenvalue weighted by atomic mass is 79.9. The van der Waals surface area contributed by atoms with Crippen molar-refractivity contribution in [3.8, 4) is 0 Å². The van der Waals surface area contributed by atoms with E-state index < -0.39 is 0 Å². The molecular weight excluding hydrogens is 344 g/mol. The molecule has 6 heteroatoms. The Morgan fingerprint density at radius 1 is 1.47 bits per heavy atom. The molecule has 0 saturated carbocycles. The Balaban J connectivity index is 2.12. The lowest BCUT2D eigenvalue weighted by molar-refractivity contribution is -0.118. The van der Waals surface area contributed by atoms with Crippen molar-refractivity contribution in [2.24, 2.45) is 7.05 Å². The quantitative estimate of drug-likeness (QED) is 0.824. The minimum Gasteiger partial charge on any atom is -0.298 e. The molecule has 0 amide bonds. The Kier molecular flexibility index (Phi) is 5.43. The Bertz CT molecular complexity index is 475. The van der Waals surface area contributed by atoms with Crippen LogP contribution in [0.15, 0.2) is 4.47 Å². The second-order valence-corrected chi connectivity index (χ2v) is 8.22. The Morgan fingerprint density at radius 2 is 2.16 bits per heavy atom. The molecule has 2 rings (SSSR count). The zero-order chi connectivity index (χ0) is 14.0. The molecule has 0 aromatic carbocycles. The van der Waals surface area contributed by atoms with Crippen LogP contribution in [0.2, 0.25) is 0 Å². The highest BCUT2D eigenvalue weighted by Gasteiger charge is 2.30. The van der Waals surface area contributed by atoms with E-state index in [9.17, 15) is 4.79 Å². The summed E-state index contributed by atoms with van der Waals surface area (Å²) in [5.41, 5.74) is 2.04. The monoisotopic (exact) mass is 362 g/mol. The molecule has 0 aliphatic carbocycles. The number of ketones is 1. The van der Waals surface area contributed by atoms with Gasteiger partial charge in [0.05, 0.1) is 27.5 Å². The second kappa shape index (κ2) is 6.68. The fraction of sp³-hybridized carbons (Fsp3) is 0.692. The van der Waals surface area contributed by atoms with E-state index in [4.69, 9.17) is 0 Å². The first-order valence-electron chi connectivity index (χ1n) is 6.50. The van der Waals surface area contributed by atoms with Crippen LogP contribution in [-0.2, 0) is 24.7 Å². The smallest absolute Gasteiger partial charge is 0.152 e. The van der Waals surface area contributed by atoms with E-state index in [0.717, 1.165) is 33.8 Å². The lowest BCUT2D eigenvalue weighted by Crippen LogP contribution is -2.32. The third-order valence-corrected chi connectivity index (χ3v) is 7.40.